The van der Waals surface area contributed by atoms with Crippen LogP contribution in [0.5, 0.6) is 0 Å². The lowest BCUT2D eigenvalue weighted by molar-refractivity contribution is 0.153. The van der Waals surface area contributed by atoms with Gasteiger partial charge in [-0.25, -0.2) is 9.97 Å². The van der Waals surface area contributed by atoms with E-state index in [4.69, 9.17) is 9.97 Å². The van der Waals surface area contributed by atoms with Crippen molar-refractivity contribution in [1.29, 1.82) is 0 Å². The second kappa shape index (κ2) is 9.59. The average Bonchev–Trinajstić information content (AvgIpc) is 3.28. The maximum Gasteiger partial charge on any atom is 0.227 e. The molecule has 4 aromatic rings. The fourth-order valence-corrected chi connectivity index (χ4v) is 5.43. The topological polar surface area (TPSA) is 108 Å². The molecule has 6 rings (SSSR count). The molecule has 2 aliphatic heterocycles. The Labute approximate surface area is 216 Å². The first kappa shape index (κ1) is 23.6. The third-order valence-electron chi connectivity index (χ3n) is 7.45. The normalized spacial score (nSPS) is 18.5. The van der Waals surface area contributed by atoms with Crippen LogP contribution in [0.3, 0.4) is 0 Å². The minimum absolute atomic E-state index is 0.332. The number of hydrogen-bond acceptors (Lipinski definition) is 9. The number of aromatic nitrogens is 6. The van der Waals surface area contributed by atoms with E-state index in [0.717, 1.165) is 49.5 Å². The van der Waals surface area contributed by atoms with Gasteiger partial charge in [0.05, 0.1) is 12.0 Å². The van der Waals surface area contributed by atoms with Gasteiger partial charge in [-0.15, -0.1) is 10.2 Å². The number of anilines is 4. The number of aliphatic hydroxyl groups is 1. The lowest BCUT2D eigenvalue weighted by atomic mass is 9.93. The van der Waals surface area contributed by atoms with E-state index in [-0.39, 0.29) is 6.10 Å². The number of aliphatic hydroxyl groups excluding tert-OH is 1. The summed E-state index contributed by atoms with van der Waals surface area (Å²) in [6.45, 7) is 7.68. The molecule has 2 saturated heterocycles. The predicted molar refractivity (Wildman–Crippen MR) is 145 cm³/mol. The van der Waals surface area contributed by atoms with Gasteiger partial charge in [-0.3, -0.25) is 0 Å². The summed E-state index contributed by atoms with van der Waals surface area (Å²) in [6, 6.07) is 8.44. The zero-order chi connectivity index (χ0) is 25.5. The van der Waals surface area contributed by atoms with Crippen molar-refractivity contribution in [3.63, 3.8) is 0 Å². The number of benzene rings is 1. The first-order valence-electron chi connectivity index (χ1n) is 13.0. The van der Waals surface area contributed by atoms with Gasteiger partial charge >= 0.3 is 0 Å². The Kier molecular flexibility index (Phi) is 6.11. The molecule has 37 heavy (non-hydrogen) atoms. The highest BCUT2D eigenvalue weighted by Gasteiger charge is 2.32. The molecule has 0 spiro atoms. The molecular weight excluding hydrogens is 466 g/mol. The van der Waals surface area contributed by atoms with Crippen LogP contribution in [0.15, 0.2) is 43.0 Å². The molecule has 3 aromatic heterocycles. The highest BCUT2D eigenvalue weighted by atomic mass is 16.3. The number of nitrogens with zero attached hydrogens (tertiary/aromatic N) is 8. The molecule has 10 heteroatoms. The molecule has 1 aromatic carbocycles. The molecular formula is C27H33N9O. The van der Waals surface area contributed by atoms with Gasteiger partial charge in [0.1, 0.15) is 23.8 Å². The number of fused-ring (bicyclic) bond motifs is 1. The summed E-state index contributed by atoms with van der Waals surface area (Å²) in [5.41, 5.74) is 2.49. The highest BCUT2D eigenvalue weighted by molar-refractivity contribution is 5.98. The Morgan fingerprint density at radius 3 is 2.65 bits per heavy atom. The predicted octanol–water partition coefficient (Wildman–Crippen LogP) is 3.59. The van der Waals surface area contributed by atoms with Crippen LogP contribution < -0.4 is 15.1 Å². The van der Waals surface area contributed by atoms with E-state index >= 15 is 0 Å². The van der Waals surface area contributed by atoms with Gasteiger partial charge in [-0.2, -0.15) is 4.98 Å². The molecule has 5 heterocycles. The fraction of sp³-hybridized carbons (Fsp3) is 0.444. The molecule has 2 fully saturated rings. The summed E-state index contributed by atoms with van der Waals surface area (Å²) in [5, 5.41) is 24.1. The largest absolute Gasteiger partial charge is 0.391 e. The lowest BCUT2D eigenvalue weighted by Crippen LogP contribution is -2.46. The molecule has 0 amide bonds. The van der Waals surface area contributed by atoms with Crippen molar-refractivity contribution in [2.45, 2.75) is 44.6 Å². The smallest absolute Gasteiger partial charge is 0.227 e. The van der Waals surface area contributed by atoms with Crippen LogP contribution in [0, 0.1) is 0 Å². The number of piperidine rings is 1. The Hall–Kier alpha value is -3.79. The van der Waals surface area contributed by atoms with Crippen molar-refractivity contribution in [2.24, 2.45) is 7.05 Å². The maximum atomic E-state index is 10.0. The molecule has 2 N–H and O–H groups in total. The molecule has 0 radical (unpaired) electrons. The van der Waals surface area contributed by atoms with Crippen molar-refractivity contribution < 1.29 is 5.11 Å². The van der Waals surface area contributed by atoms with Crippen LogP contribution in [-0.2, 0) is 7.05 Å². The molecule has 1 atom stereocenters. The van der Waals surface area contributed by atoms with Gasteiger partial charge in [0.25, 0.3) is 0 Å². The fourth-order valence-electron chi connectivity index (χ4n) is 5.43. The lowest BCUT2D eigenvalue weighted by Gasteiger charge is -2.41. The average molecular weight is 500 g/mol. The molecule has 0 aliphatic carbocycles. The van der Waals surface area contributed by atoms with Gasteiger partial charge in [0, 0.05) is 56.7 Å². The summed E-state index contributed by atoms with van der Waals surface area (Å²) < 4.78 is 2.01. The Morgan fingerprint density at radius 1 is 1.03 bits per heavy atom. The van der Waals surface area contributed by atoms with E-state index in [1.165, 1.54) is 16.6 Å². The number of nitrogens with one attached hydrogen (secondary N) is 1. The van der Waals surface area contributed by atoms with E-state index in [1.807, 2.05) is 28.8 Å². The van der Waals surface area contributed by atoms with Crippen LogP contribution in [0.25, 0.3) is 10.8 Å². The number of β-amino-alcohol motifs (C(OH)–C–C–N with tert-alkyl or cyclic N) is 1. The summed E-state index contributed by atoms with van der Waals surface area (Å²) in [5.74, 6) is 3.86. The Bertz CT molecular complexity index is 1410. The third-order valence-corrected chi connectivity index (χ3v) is 7.45. The molecule has 1 unspecified atom stereocenters. The van der Waals surface area contributed by atoms with Crippen molar-refractivity contribution in [3.05, 3.63) is 54.4 Å². The van der Waals surface area contributed by atoms with E-state index in [1.54, 1.807) is 12.5 Å². The maximum absolute atomic E-state index is 10.0. The number of rotatable bonds is 6. The SMILES string of the molecule is CC(C)c1ccc(N2CC(c3nncn3C)C2)c2cnc(Nc3ccnc(N4CCCC(O)C4)n3)cc12. The third kappa shape index (κ3) is 4.57. The second-order valence-corrected chi connectivity index (χ2v) is 10.5. The van der Waals surface area contributed by atoms with Crippen LogP contribution in [0.4, 0.5) is 23.3 Å². The first-order chi connectivity index (χ1) is 18.0. The molecule has 0 saturated carbocycles. The van der Waals surface area contributed by atoms with Crippen LogP contribution in [-0.4, -0.2) is 67.1 Å². The Balaban J connectivity index is 1.27. The molecule has 0 bridgehead atoms. The van der Waals surface area contributed by atoms with Crippen molar-refractivity contribution in [1.82, 2.24) is 29.7 Å². The molecule has 2 aliphatic rings. The van der Waals surface area contributed by atoms with Gasteiger partial charge < -0.3 is 24.8 Å². The van der Waals surface area contributed by atoms with E-state index in [9.17, 15) is 5.11 Å². The van der Waals surface area contributed by atoms with E-state index in [0.29, 0.717) is 30.1 Å². The number of hydrogen-bond donors (Lipinski definition) is 2. The van der Waals surface area contributed by atoms with Crippen LogP contribution >= 0.6 is 0 Å². The summed E-state index contributed by atoms with van der Waals surface area (Å²) in [6.07, 6.45) is 6.92. The standard InChI is InChI=1S/C27H33N9O/c1-17(2)20-6-7-23(36-13-18(14-36)26-33-30-16-34(26)3)22-12-29-25(11-21(20)22)31-24-8-9-28-27(32-24)35-10-4-5-19(37)15-35/h6-9,11-12,16-19,37H,4-5,10,13-15H2,1-3H3,(H,28,29,31,32). The second-order valence-electron chi connectivity index (χ2n) is 10.5. The summed E-state index contributed by atoms with van der Waals surface area (Å²) in [4.78, 5) is 18.3. The number of aryl methyl sites for hydroxylation is 1. The highest BCUT2D eigenvalue weighted by Crippen LogP contribution is 2.38. The minimum atomic E-state index is -0.332. The summed E-state index contributed by atoms with van der Waals surface area (Å²) in [7, 11) is 2.00. The van der Waals surface area contributed by atoms with E-state index in [2.05, 4.69) is 57.4 Å². The minimum Gasteiger partial charge on any atom is -0.391 e. The number of pyridine rings is 1. The van der Waals surface area contributed by atoms with Gasteiger partial charge in [-0.1, -0.05) is 19.9 Å². The van der Waals surface area contributed by atoms with Crippen molar-refractivity contribution in [3.8, 4) is 0 Å². The zero-order valence-corrected chi connectivity index (χ0v) is 21.5. The van der Waals surface area contributed by atoms with Gasteiger partial charge in [0.2, 0.25) is 5.95 Å². The monoisotopic (exact) mass is 499 g/mol. The molecule has 192 valence electrons. The van der Waals surface area contributed by atoms with E-state index < -0.39 is 0 Å². The molecule has 10 nitrogen and oxygen atoms in total. The van der Waals surface area contributed by atoms with Gasteiger partial charge in [-0.05, 0) is 47.9 Å². The first-order valence-corrected chi connectivity index (χ1v) is 13.0. The van der Waals surface area contributed by atoms with Gasteiger partial charge in [0.15, 0.2) is 0 Å². The zero-order valence-electron chi connectivity index (χ0n) is 21.5. The Morgan fingerprint density at radius 2 is 1.89 bits per heavy atom. The van der Waals surface area contributed by atoms with Crippen molar-refractivity contribution in [2.75, 3.05) is 41.3 Å². The van der Waals surface area contributed by atoms with Crippen LogP contribution in [0.1, 0.15) is 49.9 Å². The van der Waals surface area contributed by atoms with Crippen molar-refractivity contribution >= 4 is 34.0 Å². The summed E-state index contributed by atoms with van der Waals surface area (Å²) >= 11 is 0. The van der Waals surface area contributed by atoms with Crippen LogP contribution in [0.2, 0.25) is 0 Å². The quantitative estimate of drug-likeness (QED) is 0.411.